The number of piperazine rings is 1. The fourth-order valence-electron chi connectivity index (χ4n) is 2.45. The van der Waals surface area contributed by atoms with Gasteiger partial charge in [-0.3, -0.25) is 19.8 Å². The molecule has 0 aliphatic carbocycles. The molecule has 0 bridgehead atoms. The van der Waals surface area contributed by atoms with E-state index >= 15 is 0 Å². The van der Waals surface area contributed by atoms with Crippen molar-refractivity contribution >= 4 is 17.8 Å². The van der Waals surface area contributed by atoms with Gasteiger partial charge in [0.1, 0.15) is 5.82 Å². The van der Waals surface area contributed by atoms with Gasteiger partial charge in [-0.15, -0.1) is 0 Å². The van der Waals surface area contributed by atoms with Crippen LogP contribution in [0.2, 0.25) is 0 Å². The van der Waals surface area contributed by atoms with E-state index < -0.39 is 11.9 Å². The molecule has 0 saturated carbocycles. The highest BCUT2D eigenvalue weighted by Crippen LogP contribution is 2.10. The SMILES string of the molecule is NC(=O)NC(=O)CN1CCN(C(=O)Cc2ccccc2F)CC1. The molecule has 0 spiro atoms. The molecule has 1 aromatic carbocycles. The van der Waals surface area contributed by atoms with E-state index in [1.807, 2.05) is 10.2 Å². The number of carbonyl (C=O) groups excluding carboxylic acids is 3. The van der Waals surface area contributed by atoms with Gasteiger partial charge in [-0.1, -0.05) is 18.2 Å². The van der Waals surface area contributed by atoms with Crippen molar-refractivity contribution in [2.24, 2.45) is 5.73 Å². The Morgan fingerprint density at radius 3 is 2.39 bits per heavy atom. The maximum atomic E-state index is 13.6. The molecule has 1 fully saturated rings. The highest BCUT2D eigenvalue weighted by atomic mass is 19.1. The van der Waals surface area contributed by atoms with Crippen LogP contribution in [0.1, 0.15) is 5.56 Å². The van der Waals surface area contributed by atoms with Crippen LogP contribution in [-0.2, 0) is 16.0 Å². The van der Waals surface area contributed by atoms with Crippen LogP contribution < -0.4 is 11.1 Å². The van der Waals surface area contributed by atoms with Crippen molar-refractivity contribution in [3.63, 3.8) is 0 Å². The third-order valence-electron chi connectivity index (χ3n) is 3.65. The van der Waals surface area contributed by atoms with Gasteiger partial charge in [-0.25, -0.2) is 9.18 Å². The number of imide groups is 1. The zero-order valence-electron chi connectivity index (χ0n) is 12.6. The first-order valence-electron chi connectivity index (χ1n) is 7.28. The van der Waals surface area contributed by atoms with E-state index in [4.69, 9.17) is 5.73 Å². The maximum absolute atomic E-state index is 13.6. The number of amides is 4. The van der Waals surface area contributed by atoms with E-state index in [1.54, 1.807) is 23.1 Å². The summed E-state index contributed by atoms with van der Waals surface area (Å²) >= 11 is 0. The summed E-state index contributed by atoms with van der Waals surface area (Å²) in [7, 11) is 0. The number of nitrogens with one attached hydrogen (secondary N) is 1. The van der Waals surface area contributed by atoms with Crippen LogP contribution in [0.5, 0.6) is 0 Å². The fourth-order valence-corrected chi connectivity index (χ4v) is 2.45. The summed E-state index contributed by atoms with van der Waals surface area (Å²) in [5.41, 5.74) is 5.25. The Hall–Kier alpha value is -2.48. The van der Waals surface area contributed by atoms with Gasteiger partial charge in [-0.2, -0.15) is 0 Å². The topological polar surface area (TPSA) is 95.7 Å². The summed E-state index contributed by atoms with van der Waals surface area (Å²) in [4.78, 5) is 37.7. The fraction of sp³-hybridized carbons (Fsp3) is 0.400. The van der Waals surface area contributed by atoms with Crippen molar-refractivity contribution in [1.29, 1.82) is 0 Å². The number of nitrogens with zero attached hydrogens (tertiary/aromatic N) is 2. The number of hydrogen-bond acceptors (Lipinski definition) is 4. The predicted octanol–water partition coefficient (Wildman–Crippen LogP) is -0.293. The number of hydrogen-bond donors (Lipinski definition) is 2. The van der Waals surface area contributed by atoms with Gasteiger partial charge >= 0.3 is 6.03 Å². The largest absolute Gasteiger partial charge is 0.351 e. The number of nitrogens with two attached hydrogens (primary N) is 1. The smallest absolute Gasteiger partial charge is 0.318 e. The van der Waals surface area contributed by atoms with Crippen LogP contribution in [0.3, 0.4) is 0 Å². The van der Waals surface area contributed by atoms with Crippen LogP contribution in [0.25, 0.3) is 0 Å². The Morgan fingerprint density at radius 2 is 1.78 bits per heavy atom. The summed E-state index contributed by atoms with van der Waals surface area (Å²) in [6.45, 7) is 1.98. The number of urea groups is 1. The van der Waals surface area contributed by atoms with Gasteiger partial charge in [0.2, 0.25) is 11.8 Å². The molecule has 0 aromatic heterocycles. The zero-order valence-corrected chi connectivity index (χ0v) is 12.6. The van der Waals surface area contributed by atoms with Crippen molar-refractivity contribution < 1.29 is 18.8 Å². The number of benzene rings is 1. The summed E-state index contributed by atoms with van der Waals surface area (Å²) in [6.07, 6.45) is 0.0227. The van der Waals surface area contributed by atoms with Crippen molar-refractivity contribution in [3.8, 4) is 0 Å². The lowest BCUT2D eigenvalue weighted by atomic mass is 10.1. The molecular formula is C15H19FN4O3. The van der Waals surface area contributed by atoms with Gasteiger partial charge < -0.3 is 10.6 Å². The molecule has 8 heteroatoms. The van der Waals surface area contributed by atoms with E-state index in [0.29, 0.717) is 31.7 Å². The molecule has 3 N–H and O–H groups in total. The Bertz CT molecular complexity index is 600. The van der Waals surface area contributed by atoms with E-state index in [2.05, 4.69) is 0 Å². The molecule has 0 unspecified atom stereocenters. The summed E-state index contributed by atoms with van der Waals surface area (Å²) in [5.74, 6) is -0.998. The number of rotatable bonds is 4. The quantitative estimate of drug-likeness (QED) is 0.796. The molecule has 1 heterocycles. The molecular weight excluding hydrogens is 303 g/mol. The first-order chi connectivity index (χ1) is 11.0. The molecule has 1 aliphatic rings. The van der Waals surface area contributed by atoms with Crippen LogP contribution in [-0.4, -0.2) is 60.4 Å². The van der Waals surface area contributed by atoms with Gasteiger partial charge in [0, 0.05) is 26.2 Å². The molecule has 1 aliphatic heterocycles. The molecule has 2 rings (SSSR count). The third kappa shape index (κ3) is 5.03. The Morgan fingerprint density at radius 1 is 1.13 bits per heavy atom. The van der Waals surface area contributed by atoms with Gasteiger partial charge in [-0.05, 0) is 11.6 Å². The number of primary amides is 1. The van der Waals surface area contributed by atoms with Crippen molar-refractivity contribution in [2.75, 3.05) is 32.7 Å². The molecule has 1 saturated heterocycles. The second-order valence-electron chi connectivity index (χ2n) is 5.34. The normalized spacial score (nSPS) is 15.3. The van der Waals surface area contributed by atoms with E-state index in [9.17, 15) is 18.8 Å². The van der Waals surface area contributed by atoms with E-state index in [-0.39, 0.29) is 24.7 Å². The van der Waals surface area contributed by atoms with Crippen molar-refractivity contribution in [3.05, 3.63) is 35.6 Å². The zero-order chi connectivity index (χ0) is 16.8. The number of carbonyl (C=O) groups is 3. The van der Waals surface area contributed by atoms with Crippen LogP contribution >= 0.6 is 0 Å². The molecule has 7 nitrogen and oxygen atoms in total. The summed E-state index contributed by atoms with van der Waals surface area (Å²) in [6, 6.07) is 5.32. The average molecular weight is 322 g/mol. The second-order valence-corrected chi connectivity index (χ2v) is 5.34. The van der Waals surface area contributed by atoms with Crippen molar-refractivity contribution in [1.82, 2.24) is 15.1 Å². The molecule has 23 heavy (non-hydrogen) atoms. The predicted molar refractivity (Wildman–Crippen MR) is 80.9 cm³/mol. The minimum Gasteiger partial charge on any atom is -0.351 e. The van der Waals surface area contributed by atoms with Gasteiger partial charge in [0.25, 0.3) is 0 Å². The molecule has 0 atom stereocenters. The Kier molecular flexibility index (Phi) is 5.64. The monoisotopic (exact) mass is 322 g/mol. The lowest BCUT2D eigenvalue weighted by Crippen LogP contribution is -2.52. The molecule has 1 aromatic rings. The molecule has 4 amide bonds. The van der Waals surface area contributed by atoms with Crippen LogP contribution in [0.15, 0.2) is 24.3 Å². The highest BCUT2D eigenvalue weighted by Gasteiger charge is 2.23. The minimum atomic E-state index is -0.881. The van der Waals surface area contributed by atoms with Gasteiger partial charge in [0.05, 0.1) is 13.0 Å². The second kappa shape index (κ2) is 7.68. The maximum Gasteiger partial charge on any atom is 0.318 e. The lowest BCUT2D eigenvalue weighted by molar-refractivity contribution is -0.132. The standard InChI is InChI=1S/C15H19FN4O3/c16-12-4-2-1-3-11(12)9-14(22)20-7-5-19(6-8-20)10-13(21)18-15(17)23/h1-4H,5-10H2,(H3,17,18,21,23). The summed E-state index contributed by atoms with van der Waals surface area (Å²) in [5, 5.41) is 2.00. The Labute approximate surface area is 133 Å². The van der Waals surface area contributed by atoms with Crippen molar-refractivity contribution in [2.45, 2.75) is 6.42 Å². The third-order valence-corrected chi connectivity index (χ3v) is 3.65. The first kappa shape index (κ1) is 16.9. The lowest BCUT2D eigenvalue weighted by Gasteiger charge is -2.34. The first-order valence-corrected chi connectivity index (χ1v) is 7.28. The van der Waals surface area contributed by atoms with Crippen LogP contribution in [0, 0.1) is 5.82 Å². The summed E-state index contributed by atoms with van der Waals surface area (Å²) < 4.78 is 13.6. The average Bonchev–Trinajstić information content (AvgIpc) is 2.49. The van der Waals surface area contributed by atoms with Gasteiger partial charge in [0.15, 0.2) is 0 Å². The van der Waals surface area contributed by atoms with E-state index in [1.165, 1.54) is 6.07 Å². The van der Waals surface area contributed by atoms with E-state index in [0.717, 1.165) is 0 Å². The highest BCUT2D eigenvalue weighted by molar-refractivity contribution is 5.94. The minimum absolute atomic E-state index is 0.0227. The Balaban J connectivity index is 1.80. The number of halogens is 1. The van der Waals surface area contributed by atoms with Crippen LogP contribution in [0.4, 0.5) is 9.18 Å². The molecule has 124 valence electrons. The molecule has 0 radical (unpaired) electrons.